The second kappa shape index (κ2) is 6.94. The number of hydrogen-bond acceptors (Lipinski definition) is 1. The normalized spacial score (nSPS) is 10.7. The summed E-state index contributed by atoms with van der Waals surface area (Å²) in [6.07, 6.45) is 10.5. The molecule has 0 aromatic carbocycles. The predicted octanol–water partition coefficient (Wildman–Crippen LogP) is 4.84. The summed E-state index contributed by atoms with van der Waals surface area (Å²) in [4.78, 5) is 0. The third kappa shape index (κ3) is 4.19. The standard InChI is InChI=1S/C12H19ClO/c1-2-3-4-5-6-7-8-12-11(13)9-10-14-12/h9-10H,2-8H2,1H3. The van der Waals surface area contributed by atoms with Crippen LogP contribution in [0.2, 0.25) is 5.02 Å². The first-order valence-electron chi connectivity index (χ1n) is 5.56. The van der Waals surface area contributed by atoms with Crippen LogP contribution in [-0.4, -0.2) is 0 Å². The Morgan fingerprint density at radius 3 is 2.50 bits per heavy atom. The van der Waals surface area contributed by atoms with Crippen LogP contribution in [0.3, 0.4) is 0 Å². The van der Waals surface area contributed by atoms with Gasteiger partial charge in [-0.3, -0.25) is 0 Å². The maximum atomic E-state index is 5.91. The SMILES string of the molecule is CCCCCCCCc1occc1Cl. The van der Waals surface area contributed by atoms with Gasteiger partial charge in [-0.05, 0) is 12.5 Å². The van der Waals surface area contributed by atoms with Crippen molar-refractivity contribution in [2.75, 3.05) is 0 Å². The molecule has 0 saturated heterocycles. The van der Waals surface area contributed by atoms with Gasteiger partial charge >= 0.3 is 0 Å². The molecule has 0 aliphatic rings. The summed E-state index contributed by atoms with van der Waals surface area (Å²) in [5, 5.41) is 0.776. The lowest BCUT2D eigenvalue weighted by molar-refractivity contribution is 0.492. The van der Waals surface area contributed by atoms with Gasteiger partial charge in [0.05, 0.1) is 11.3 Å². The Hall–Kier alpha value is -0.430. The van der Waals surface area contributed by atoms with Crippen molar-refractivity contribution in [3.63, 3.8) is 0 Å². The van der Waals surface area contributed by atoms with Crippen molar-refractivity contribution in [1.82, 2.24) is 0 Å². The van der Waals surface area contributed by atoms with Gasteiger partial charge in [0.1, 0.15) is 5.76 Å². The predicted molar refractivity (Wildman–Crippen MR) is 60.8 cm³/mol. The zero-order chi connectivity index (χ0) is 10.2. The van der Waals surface area contributed by atoms with E-state index in [1.807, 2.05) is 6.07 Å². The molecule has 0 unspecified atom stereocenters. The van der Waals surface area contributed by atoms with Crippen molar-refractivity contribution in [1.29, 1.82) is 0 Å². The maximum Gasteiger partial charge on any atom is 0.122 e. The average molecular weight is 215 g/mol. The van der Waals surface area contributed by atoms with Crippen LogP contribution in [0.4, 0.5) is 0 Å². The minimum absolute atomic E-state index is 0.776. The molecule has 0 saturated carbocycles. The monoisotopic (exact) mass is 214 g/mol. The lowest BCUT2D eigenvalue weighted by Crippen LogP contribution is -1.84. The number of rotatable bonds is 7. The average Bonchev–Trinajstić information content (AvgIpc) is 2.58. The van der Waals surface area contributed by atoms with Gasteiger partial charge < -0.3 is 4.42 Å². The fourth-order valence-electron chi connectivity index (χ4n) is 1.57. The number of aryl methyl sites for hydroxylation is 1. The molecule has 0 amide bonds. The highest BCUT2D eigenvalue weighted by molar-refractivity contribution is 6.31. The van der Waals surface area contributed by atoms with E-state index in [1.54, 1.807) is 6.26 Å². The summed E-state index contributed by atoms with van der Waals surface area (Å²) in [5.74, 6) is 0.946. The van der Waals surface area contributed by atoms with E-state index >= 15 is 0 Å². The molecule has 1 nitrogen and oxygen atoms in total. The van der Waals surface area contributed by atoms with Crippen LogP contribution >= 0.6 is 11.6 Å². The molecule has 1 aromatic rings. The molecule has 1 rings (SSSR count). The topological polar surface area (TPSA) is 13.1 Å². The van der Waals surface area contributed by atoms with Crippen LogP contribution in [0.25, 0.3) is 0 Å². The highest BCUT2D eigenvalue weighted by atomic mass is 35.5. The number of hydrogen-bond donors (Lipinski definition) is 0. The van der Waals surface area contributed by atoms with Crippen LogP contribution in [0.15, 0.2) is 16.7 Å². The van der Waals surface area contributed by atoms with Crippen LogP contribution in [0, 0.1) is 0 Å². The van der Waals surface area contributed by atoms with Crippen LogP contribution in [0.5, 0.6) is 0 Å². The van der Waals surface area contributed by atoms with Crippen molar-refractivity contribution in [3.8, 4) is 0 Å². The second-order valence-electron chi connectivity index (χ2n) is 3.71. The molecular formula is C12H19ClO. The Kier molecular flexibility index (Phi) is 5.77. The highest BCUT2D eigenvalue weighted by Crippen LogP contribution is 2.19. The molecule has 14 heavy (non-hydrogen) atoms. The summed E-state index contributed by atoms with van der Waals surface area (Å²) in [7, 11) is 0. The lowest BCUT2D eigenvalue weighted by atomic mass is 10.1. The molecule has 1 heterocycles. The van der Waals surface area contributed by atoms with Crippen molar-refractivity contribution in [2.45, 2.75) is 51.9 Å². The first-order chi connectivity index (χ1) is 6.84. The van der Waals surface area contributed by atoms with E-state index in [2.05, 4.69) is 6.92 Å². The molecule has 0 radical (unpaired) electrons. The van der Waals surface area contributed by atoms with Crippen molar-refractivity contribution >= 4 is 11.6 Å². The van der Waals surface area contributed by atoms with Crippen LogP contribution in [-0.2, 0) is 6.42 Å². The lowest BCUT2D eigenvalue weighted by Gasteiger charge is -1.99. The minimum atomic E-state index is 0.776. The number of furan rings is 1. The van der Waals surface area contributed by atoms with Crippen molar-refractivity contribution < 1.29 is 4.42 Å². The Bertz CT molecular complexity index is 242. The van der Waals surface area contributed by atoms with E-state index in [4.69, 9.17) is 16.0 Å². The molecular weight excluding hydrogens is 196 g/mol. The third-order valence-electron chi connectivity index (χ3n) is 2.45. The highest BCUT2D eigenvalue weighted by Gasteiger charge is 2.02. The quantitative estimate of drug-likeness (QED) is 0.593. The largest absolute Gasteiger partial charge is 0.468 e. The molecule has 0 atom stereocenters. The Balaban J connectivity index is 2.02. The molecule has 0 bridgehead atoms. The molecule has 0 spiro atoms. The van der Waals surface area contributed by atoms with Gasteiger partial charge in [-0.1, -0.05) is 50.6 Å². The molecule has 0 aliphatic heterocycles. The number of halogens is 1. The van der Waals surface area contributed by atoms with E-state index in [9.17, 15) is 0 Å². The van der Waals surface area contributed by atoms with E-state index in [0.29, 0.717) is 0 Å². The Labute approximate surface area is 91.4 Å². The smallest absolute Gasteiger partial charge is 0.122 e. The van der Waals surface area contributed by atoms with Crippen LogP contribution < -0.4 is 0 Å². The molecule has 1 aromatic heterocycles. The van der Waals surface area contributed by atoms with Gasteiger partial charge in [0.25, 0.3) is 0 Å². The zero-order valence-electron chi connectivity index (χ0n) is 8.89. The second-order valence-corrected chi connectivity index (χ2v) is 4.12. The fourth-order valence-corrected chi connectivity index (χ4v) is 1.76. The van der Waals surface area contributed by atoms with E-state index in [0.717, 1.165) is 17.2 Å². The molecule has 2 heteroatoms. The molecule has 0 fully saturated rings. The fraction of sp³-hybridized carbons (Fsp3) is 0.667. The van der Waals surface area contributed by atoms with Gasteiger partial charge in [-0.15, -0.1) is 0 Å². The van der Waals surface area contributed by atoms with Gasteiger partial charge in [0.2, 0.25) is 0 Å². The summed E-state index contributed by atoms with van der Waals surface area (Å²) >= 11 is 5.91. The maximum absolute atomic E-state index is 5.91. The van der Waals surface area contributed by atoms with Crippen LogP contribution in [0.1, 0.15) is 51.2 Å². The summed E-state index contributed by atoms with van der Waals surface area (Å²) < 4.78 is 5.26. The summed E-state index contributed by atoms with van der Waals surface area (Å²) in [6.45, 7) is 2.24. The summed E-state index contributed by atoms with van der Waals surface area (Å²) in [6, 6.07) is 1.81. The Morgan fingerprint density at radius 2 is 1.86 bits per heavy atom. The Morgan fingerprint density at radius 1 is 1.14 bits per heavy atom. The summed E-state index contributed by atoms with van der Waals surface area (Å²) in [5.41, 5.74) is 0. The molecule has 0 N–H and O–H groups in total. The van der Waals surface area contributed by atoms with Gasteiger partial charge in [0, 0.05) is 6.42 Å². The van der Waals surface area contributed by atoms with Gasteiger partial charge in [-0.2, -0.15) is 0 Å². The third-order valence-corrected chi connectivity index (χ3v) is 2.79. The van der Waals surface area contributed by atoms with E-state index in [1.165, 1.54) is 38.5 Å². The van der Waals surface area contributed by atoms with Crippen molar-refractivity contribution in [3.05, 3.63) is 23.1 Å². The van der Waals surface area contributed by atoms with Crippen molar-refractivity contribution in [2.24, 2.45) is 0 Å². The first-order valence-corrected chi connectivity index (χ1v) is 5.94. The zero-order valence-corrected chi connectivity index (χ0v) is 9.65. The van der Waals surface area contributed by atoms with Gasteiger partial charge in [0.15, 0.2) is 0 Å². The first kappa shape index (κ1) is 11.6. The van der Waals surface area contributed by atoms with E-state index in [-0.39, 0.29) is 0 Å². The number of unbranched alkanes of at least 4 members (excludes halogenated alkanes) is 5. The molecule has 0 aliphatic carbocycles. The van der Waals surface area contributed by atoms with Gasteiger partial charge in [-0.25, -0.2) is 0 Å². The van der Waals surface area contributed by atoms with E-state index < -0.39 is 0 Å². The molecule has 80 valence electrons. The minimum Gasteiger partial charge on any atom is -0.468 e.